The van der Waals surface area contributed by atoms with Crippen LogP contribution < -0.4 is 5.01 Å². The van der Waals surface area contributed by atoms with Gasteiger partial charge in [-0.15, -0.1) is 0 Å². The van der Waals surface area contributed by atoms with E-state index in [1.54, 1.807) is 6.07 Å². The van der Waals surface area contributed by atoms with Gasteiger partial charge in [0, 0.05) is 3.57 Å². The van der Waals surface area contributed by atoms with Crippen molar-refractivity contribution in [1.29, 1.82) is 0 Å². The van der Waals surface area contributed by atoms with E-state index in [9.17, 15) is 9.59 Å². The molecular formula is C10H7IN2O3. The fourth-order valence-electron chi connectivity index (χ4n) is 1.38. The summed E-state index contributed by atoms with van der Waals surface area (Å²) < 4.78 is 0.920. The molecule has 0 aromatic heterocycles. The average Bonchev–Trinajstić information content (AvgIpc) is 2.61. The Hall–Kier alpha value is -1.44. The van der Waals surface area contributed by atoms with E-state index in [-0.39, 0.29) is 6.54 Å². The first-order valence-electron chi connectivity index (χ1n) is 4.47. The number of carboxylic acid groups (broad SMARTS) is 1. The Morgan fingerprint density at radius 3 is 2.69 bits per heavy atom. The van der Waals surface area contributed by atoms with Crippen molar-refractivity contribution >= 4 is 45.7 Å². The maximum Gasteiger partial charge on any atom is 0.360 e. The Morgan fingerprint density at radius 2 is 2.12 bits per heavy atom. The number of para-hydroxylation sites is 1. The molecular weight excluding hydrogens is 323 g/mol. The average molecular weight is 330 g/mol. The van der Waals surface area contributed by atoms with Gasteiger partial charge in [-0.3, -0.25) is 9.80 Å². The highest BCUT2D eigenvalue weighted by atomic mass is 127. The molecule has 82 valence electrons. The first-order chi connectivity index (χ1) is 7.59. The molecule has 1 aromatic carbocycles. The van der Waals surface area contributed by atoms with Crippen LogP contribution in [0.25, 0.3) is 0 Å². The van der Waals surface area contributed by atoms with Gasteiger partial charge >= 0.3 is 5.97 Å². The van der Waals surface area contributed by atoms with Crippen molar-refractivity contribution in [3.63, 3.8) is 0 Å². The molecule has 6 heteroatoms. The molecule has 0 unspecified atom stereocenters. The normalized spacial score (nSPS) is 15.2. The van der Waals surface area contributed by atoms with Crippen molar-refractivity contribution in [3.05, 3.63) is 27.8 Å². The molecule has 0 bridgehead atoms. The van der Waals surface area contributed by atoms with Gasteiger partial charge in [-0.1, -0.05) is 12.1 Å². The van der Waals surface area contributed by atoms with E-state index >= 15 is 0 Å². The Bertz CT molecular complexity index is 499. The Balaban J connectivity index is 2.36. The fourth-order valence-corrected chi connectivity index (χ4v) is 2.05. The molecule has 5 nitrogen and oxygen atoms in total. The lowest BCUT2D eigenvalue weighted by molar-refractivity contribution is -0.130. The monoisotopic (exact) mass is 330 g/mol. The Morgan fingerprint density at radius 1 is 1.44 bits per heavy atom. The molecule has 0 saturated heterocycles. The highest BCUT2D eigenvalue weighted by Gasteiger charge is 2.30. The minimum absolute atomic E-state index is 0.0123. The summed E-state index contributed by atoms with van der Waals surface area (Å²) in [5.41, 5.74) is 0.340. The van der Waals surface area contributed by atoms with Crippen LogP contribution in [0.5, 0.6) is 0 Å². The first kappa shape index (κ1) is 11.1. The zero-order chi connectivity index (χ0) is 11.7. The standard InChI is InChI=1S/C10H7IN2O3/c11-6-3-1-2-4-7(6)13-5-8(14)9(12-13)10(15)16/h1-4H,5H2,(H,15,16). The van der Waals surface area contributed by atoms with Crippen LogP contribution >= 0.6 is 22.6 Å². The molecule has 16 heavy (non-hydrogen) atoms. The summed E-state index contributed by atoms with van der Waals surface area (Å²) in [5, 5.41) is 13.9. The number of carbonyl (C=O) groups is 2. The predicted molar refractivity (Wildman–Crippen MR) is 66.6 cm³/mol. The number of aliphatic carboxylic acids is 1. The minimum Gasteiger partial charge on any atom is -0.476 e. The number of nitrogens with zero attached hydrogens (tertiary/aromatic N) is 2. The molecule has 0 saturated carbocycles. The van der Waals surface area contributed by atoms with Crippen LogP contribution in [0.1, 0.15) is 0 Å². The molecule has 0 fully saturated rings. The summed E-state index contributed by atoms with van der Waals surface area (Å²) in [6, 6.07) is 7.35. The van der Waals surface area contributed by atoms with Gasteiger partial charge in [0.1, 0.15) is 6.54 Å². The van der Waals surface area contributed by atoms with Gasteiger partial charge in [0.2, 0.25) is 11.5 Å². The van der Waals surface area contributed by atoms with Gasteiger partial charge in [-0.05, 0) is 34.7 Å². The van der Waals surface area contributed by atoms with Gasteiger partial charge in [0.05, 0.1) is 5.69 Å². The Labute approximate surface area is 105 Å². The van der Waals surface area contributed by atoms with Crippen LogP contribution in [0.3, 0.4) is 0 Å². The maximum absolute atomic E-state index is 11.4. The molecule has 0 atom stereocenters. The smallest absolute Gasteiger partial charge is 0.360 e. The van der Waals surface area contributed by atoms with E-state index in [4.69, 9.17) is 5.11 Å². The number of carboxylic acids is 1. The number of halogens is 1. The summed E-state index contributed by atoms with van der Waals surface area (Å²) in [6.07, 6.45) is 0. The van der Waals surface area contributed by atoms with Crippen LogP contribution in [0.15, 0.2) is 29.4 Å². The van der Waals surface area contributed by atoms with Gasteiger partial charge in [0.15, 0.2) is 0 Å². The number of rotatable bonds is 2. The topological polar surface area (TPSA) is 70.0 Å². The van der Waals surface area contributed by atoms with Crippen molar-refractivity contribution in [2.24, 2.45) is 5.10 Å². The number of benzene rings is 1. The highest BCUT2D eigenvalue weighted by molar-refractivity contribution is 14.1. The summed E-state index contributed by atoms with van der Waals surface area (Å²) in [6.45, 7) is -0.0123. The number of ketones is 1. The third-order valence-corrected chi connectivity index (χ3v) is 3.02. The summed E-state index contributed by atoms with van der Waals surface area (Å²) >= 11 is 2.11. The summed E-state index contributed by atoms with van der Waals surface area (Å²) in [7, 11) is 0. The maximum atomic E-state index is 11.4. The number of anilines is 1. The molecule has 1 aliphatic rings. The van der Waals surface area contributed by atoms with Crippen LogP contribution in [0.2, 0.25) is 0 Å². The molecule has 1 aromatic rings. The summed E-state index contributed by atoms with van der Waals surface area (Å²) in [4.78, 5) is 22.0. The van der Waals surface area contributed by atoms with E-state index in [2.05, 4.69) is 27.7 Å². The van der Waals surface area contributed by atoms with Gasteiger partial charge in [0.25, 0.3) is 0 Å². The van der Waals surface area contributed by atoms with Crippen molar-refractivity contribution in [3.8, 4) is 0 Å². The number of hydrogen-bond acceptors (Lipinski definition) is 4. The lowest BCUT2D eigenvalue weighted by Crippen LogP contribution is -2.23. The van der Waals surface area contributed by atoms with Gasteiger partial charge < -0.3 is 5.11 Å². The third-order valence-electron chi connectivity index (χ3n) is 2.11. The first-order valence-corrected chi connectivity index (χ1v) is 5.54. The van der Waals surface area contributed by atoms with Crippen LogP contribution in [-0.2, 0) is 9.59 Å². The van der Waals surface area contributed by atoms with Crippen LogP contribution in [0.4, 0.5) is 5.69 Å². The second-order valence-corrected chi connectivity index (χ2v) is 4.35. The SMILES string of the molecule is O=C(O)C1=NN(c2ccccc2I)CC1=O. The third kappa shape index (κ3) is 1.92. The zero-order valence-corrected chi connectivity index (χ0v) is 10.2. The lowest BCUT2D eigenvalue weighted by atomic mass is 10.2. The van der Waals surface area contributed by atoms with Crippen LogP contribution in [0, 0.1) is 3.57 Å². The zero-order valence-electron chi connectivity index (χ0n) is 8.05. The van der Waals surface area contributed by atoms with E-state index in [0.717, 1.165) is 9.26 Å². The van der Waals surface area contributed by atoms with Gasteiger partial charge in [-0.25, -0.2) is 4.79 Å². The van der Waals surface area contributed by atoms with Gasteiger partial charge in [-0.2, -0.15) is 5.10 Å². The van der Waals surface area contributed by atoms with E-state index in [1.165, 1.54) is 5.01 Å². The number of hydrogen-bond donors (Lipinski definition) is 1. The molecule has 2 rings (SSSR count). The predicted octanol–water partition coefficient (Wildman–Crippen LogP) is 1.12. The minimum atomic E-state index is -1.28. The van der Waals surface area contributed by atoms with Crippen molar-refractivity contribution in [2.45, 2.75) is 0 Å². The van der Waals surface area contributed by atoms with E-state index in [1.807, 2.05) is 18.2 Å². The molecule has 0 amide bonds. The van der Waals surface area contributed by atoms with Crippen molar-refractivity contribution in [2.75, 3.05) is 11.6 Å². The molecule has 0 aliphatic carbocycles. The molecule has 0 radical (unpaired) electrons. The molecule has 0 spiro atoms. The van der Waals surface area contributed by atoms with E-state index in [0.29, 0.717) is 0 Å². The quantitative estimate of drug-likeness (QED) is 0.825. The van der Waals surface area contributed by atoms with Crippen molar-refractivity contribution < 1.29 is 14.7 Å². The number of Topliss-reactive ketones (excluding diaryl/α,β-unsaturated/α-hetero) is 1. The number of carbonyl (C=O) groups excluding carboxylic acids is 1. The summed E-state index contributed by atoms with van der Waals surface area (Å²) in [5.74, 6) is -1.74. The largest absolute Gasteiger partial charge is 0.476 e. The highest BCUT2D eigenvalue weighted by Crippen LogP contribution is 2.24. The second-order valence-electron chi connectivity index (χ2n) is 3.19. The number of hydrazone groups is 1. The molecule has 1 N–H and O–H groups in total. The Kier molecular flexibility index (Phi) is 2.90. The lowest BCUT2D eigenvalue weighted by Gasteiger charge is -2.13. The van der Waals surface area contributed by atoms with Crippen LogP contribution in [-0.4, -0.2) is 29.1 Å². The van der Waals surface area contributed by atoms with Crippen molar-refractivity contribution in [1.82, 2.24) is 0 Å². The second kappa shape index (κ2) is 4.20. The fraction of sp³-hybridized carbons (Fsp3) is 0.100. The van der Waals surface area contributed by atoms with E-state index < -0.39 is 17.5 Å². The molecule has 1 heterocycles. The molecule has 1 aliphatic heterocycles.